The molecular formula is C17H14OY-2. The van der Waals surface area contributed by atoms with Gasteiger partial charge in [-0.2, -0.15) is 36.6 Å². The van der Waals surface area contributed by atoms with E-state index in [1.165, 1.54) is 5.56 Å². The van der Waals surface area contributed by atoms with Gasteiger partial charge in [0.2, 0.25) is 0 Å². The number of ketones is 1. The van der Waals surface area contributed by atoms with Crippen molar-refractivity contribution in [2.24, 2.45) is 0 Å². The molecule has 0 spiro atoms. The van der Waals surface area contributed by atoms with E-state index in [9.17, 15) is 4.79 Å². The SMILES string of the molecule is [CH2-]c1ccccc1C1[CH-]c2ccccc2CC1=O.[Y]. The van der Waals surface area contributed by atoms with E-state index in [4.69, 9.17) is 0 Å². The van der Waals surface area contributed by atoms with Crippen molar-refractivity contribution in [3.63, 3.8) is 0 Å². The number of Topliss-reactive ketones (excluding diaryl/α,β-unsaturated/α-hetero) is 1. The summed E-state index contributed by atoms with van der Waals surface area (Å²) >= 11 is 0. The van der Waals surface area contributed by atoms with E-state index < -0.39 is 0 Å². The van der Waals surface area contributed by atoms with Crippen molar-refractivity contribution in [3.05, 3.63) is 84.1 Å². The Morgan fingerprint density at radius 1 is 1.05 bits per heavy atom. The van der Waals surface area contributed by atoms with Crippen LogP contribution in [-0.2, 0) is 43.9 Å². The van der Waals surface area contributed by atoms with Gasteiger partial charge in [0.15, 0.2) is 0 Å². The summed E-state index contributed by atoms with van der Waals surface area (Å²) in [6, 6.07) is 16.0. The van der Waals surface area contributed by atoms with Crippen LogP contribution in [0, 0.1) is 13.3 Å². The van der Waals surface area contributed by atoms with Crippen LogP contribution in [-0.4, -0.2) is 5.78 Å². The Labute approximate surface area is 139 Å². The van der Waals surface area contributed by atoms with Crippen LogP contribution in [0.4, 0.5) is 0 Å². The minimum absolute atomic E-state index is 0. The third-order valence-corrected chi connectivity index (χ3v) is 3.50. The van der Waals surface area contributed by atoms with Gasteiger partial charge in [-0.05, 0) is 12.3 Å². The molecule has 1 aliphatic carbocycles. The summed E-state index contributed by atoms with van der Waals surface area (Å²) in [5, 5.41) is 0. The Kier molecular flexibility index (Phi) is 4.49. The molecule has 0 amide bonds. The molecule has 1 atom stereocenters. The predicted octanol–water partition coefficient (Wildman–Crippen LogP) is 3.33. The van der Waals surface area contributed by atoms with Gasteiger partial charge in [0.25, 0.3) is 0 Å². The summed E-state index contributed by atoms with van der Waals surface area (Å²) in [6.07, 6.45) is 2.58. The first-order valence-electron chi connectivity index (χ1n) is 6.12. The van der Waals surface area contributed by atoms with Crippen LogP contribution in [0.3, 0.4) is 0 Å². The summed E-state index contributed by atoms with van der Waals surface area (Å²) in [6.45, 7) is 4.01. The molecule has 0 fully saturated rings. The molecule has 93 valence electrons. The topological polar surface area (TPSA) is 17.1 Å². The first-order chi connectivity index (χ1) is 8.75. The van der Waals surface area contributed by atoms with Gasteiger partial charge in [0.05, 0.1) is 0 Å². The first-order valence-corrected chi connectivity index (χ1v) is 6.12. The summed E-state index contributed by atoms with van der Waals surface area (Å²) in [5.74, 6) is 0.110. The molecule has 0 heterocycles. The molecule has 0 saturated heterocycles. The van der Waals surface area contributed by atoms with Gasteiger partial charge < -0.3 is 4.79 Å². The number of carbonyl (C=O) groups is 1. The van der Waals surface area contributed by atoms with Crippen molar-refractivity contribution in [3.8, 4) is 0 Å². The van der Waals surface area contributed by atoms with Crippen LogP contribution in [0.25, 0.3) is 0 Å². The fraction of sp³-hybridized carbons (Fsp3) is 0.118. The molecule has 0 bridgehead atoms. The van der Waals surface area contributed by atoms with Crippen LogP contribution in [0.1, 0.15) is 28.2 Å². The first kappa shape index (κ1) is 14.4. The molecule has 2 heteroatoms. The fourth-order valence-corrected chi connectivity index (χ4v) is 2.53. The molecule has 1 aliphatic rings. The molecule has 0 aliphatic heterocycles. The van der Waals surface area contributed by atoms with Gasteiger partial charge in [0, 0.05) is 32.7 Å². The maximum absolute atomic E-state index is 12.3. The van der Waals surface area contributed by atoms with Crippen LogP contribution >= 0.6 is 0 Å². The van der Waals surface area contributed by atoms with Crippen LogP contribution in [0.15, 0.2) is 48.5 Å². The summed E-state index contributed by atoms with van der Waals surface area (Å²) in [4.78, 5) is 12.3. The summed E-state index contributed by atoms with van der Waals surface area (Å²) in [5.41, 5.74) is 4.26. The average molecular weight is 323 g/mol. The van der Waals surface area contributed by atoms with E-state index >= 15 is 0 Å². The predicted molar refractivity (Wildman–Crippen MR) is 72.2 cm³/mol. The standard InChI is InChI=1S/C17H14O.Y/c1-12-6-2-5-9-15(12)16-10-13-7-3-4-8-14(13)11-17(16)18;/h2-10,16H,1,11H2;/q-2;. The smallest absolute Gasteiger partial charge is 0.114 e. The van der Waals surface area contributed by atoms with Crippen LogP contribution < -0.4 is 0 Å². The van der Waals surface area contributed by atoms with E-state index in [2.05, 4.69) is 19.4 Å². The number of benzene rings is 2. The van der Waals surface area contributed by atoms with Crippen molar-refractivity contribution in [2.75, 3.05) is 0 Å². The maximum Gasteiger partial charge on any atom is 0.114 e. The molecule has 0 saturated carbocycles. The number of rotatable bonds is 1. The molecule has 0 aromatic heterocycles. The van der Waals surface area contributed by atoms with Gasteiger partial charge in [-0.1, -0.05) is 12.1 Å². The number of hydrogen-bond donors (Lipinski definition) is 0. The van der Waals surface area contributed by atoms with Crippen molar-refractivity contribution in [1.82, 2.24) is 0 Å². The zero-order valence-corrected chi connectivity index (χ0v) is 13.5. The van der Waals surface area contributed by atoms with E-state index in [-0.39, 0.29) is 44.4 Å². The minimum Gasteiger partial charge on any atom is -0.302 e. The van der Waals surface area contributed by atoms with E-state index in [1.807, 2.05) is 42.5 Å². The Balaban J connectivity index is 0.00000133. The van der Waals surface area contributed by atoms with Gasteiger partial charge >= 0.3 is 0 Å². The number of carbonyl (C=O) groups excluding carboxylic acids is 1. The minimum atomic E-state index is -0.145. The molecule has 19 heavy (non-hydrogen) atoms. The van der Waals surface area contributed by atoms with E-state index in [1.54, 1.807) is 0 Å². The largest absolute Gasteiger partial charge is 0.302 e. The second kappa shape index (κ2) is 5.94. The van der Waals surface area contributed by atoms with Gasteiger partial charge in [0.1, 0.15) is 5.78 Å². The Morgan fingerprint density at radius 2 is 1.74 bits per heavy atom. The second-order valence-corrected chi connectivity index (χ2v) is 4.69. The van der Waals surface area contributed by atoms with Crippen LogP contribution in [0.5, 0.6) is 0 Å². The average Bonchev–Trinajstić information content (AvgIpc) is 2.39. The zero-order chi connectivity index (χ0) is 12.5. The molecular weight excluding hydrogens is 309 g/mol. The van der Waals surface area contributed by atoms with E-state index in [0.717, 1.165) is 16.7 Å². The van der Waals surface area contributed by atoms with Gasteiger partial charge in [-0.25, -0.2) is 0 Å². The van der Waals surface area contributed by atoms with Gasteiger partial charge in [-0.15, -0.1) is 35.4 Å². The van der Waals surface area contributed by atoms with Crippen LogP contribution in [0.2, 0.25) is 0 Å². The van der Waals surface area contributed by atoms with E-state index in [0.29, 0.717) is 6.42 Å². The number of hydrogen-bond acceptors (Lipinski definition) is 1. The third kappa shape index (κ3) is 2.78. The molecule has 1 unspecified atom stereocenters. The van der Waals surface area contributed by atoms with Crippen molar-refractivity contribution >= 4 is 5.78 Å². The quantitative estimate of drug-likeness (QED) is 0.736. The molecule has 1 nitrogen and oxygen atoms in total. The normalized spacial score (nSPS) is 17.1. The maximum atomic E-state index is 12.3. The Bertz CT molecular complexity index is 604. The molecule has 1 radical (unpaired) electrons. The summed E-state index contributed by atoms with van der Waals surface area (Å²) in [7, 11) is 0. The molecule has 3 rings (SSSR count). The molecule has 0 N–H and O–H groups in total. The Morgan fingerprint density at radius 3 is 2.53 bits per heavy atom. The monoisotopic (exact) mass is 323 g/mol. The fourth-order valence-electron chi connectivity index (χ4n) is 2.53. The van der Waals surface area contributed by atoms with Crippen molar-refractivity contribution in [2.45, 2.75) is 12.3 Å². The van der Waals surface area contributed by atoms with Gasteiger partial charge in [-0.3, -0.25) is 0 Å². The Hall–Kier alpha value is -1.05. The van der Waals surface area contributed by atoms with Crippen molar-refractivity contribution < 1.29 is 37.5 Å². The zero-order valence-electron chi connectivity index (χ0n) is 10.7. The molecule has 2 aromatic carbocycles. The molecule has 2 aromatic rings. The number of fused-ring (bicyclic) bond motifs is 1. The second-order valence-electron chi connectivity index (χ2n) is 4.69. The van der Waals surface area contributed by atoms with Crippen molar-refractivity contribution in [1.29, 1.82) is 0 Å². The summed E-state index contributed by atoms with van der Waals surface area (Å²) < 4.78 is 0. The third-order valence-electron chi connectivity index (χ3n) is 3.50.